The van der Waals surface area contributed by atoms with Crippen LogP contribution < -0.4 is 5.32 Å². The molecule has 1 unspecified atom stereocenters. The van der Waals surface area contributed by atoms with Gasteiger partial charge in [0.25, 0.3) is 0 Å². The highest BCUT2D eigenvalue weighted by Gasteiger charge is 2.09. The summed E-state index contributed by atoms with van der Waals surface area (Å²) in [7, 11) is 1.80. The zero-order valence-electron chi connectivity index (χ0n) is 9.60. The van der Waals surface area contributed by atoms with Crippen molar-refractivity contribution >= 4 is 5.95 Å². The zero-order valence-corrected chi connectivity index (χ0v) is 9.60. The lowest BCUT2D eigenvalue weighted by atomic mass is 10.2. The van der Waals surface area contributed by atoms with Gasteiger partial charge in [0.05, 0.1) is 5.69 Å². The van der Waals surface area contributed by atoms with E-state index in [1.165, 1.54) is 0 Å². The molecule has 16 heavy (non-hydrogen) atoms. The van der Waals surface area contributed by atoms with Crippen LogP contribution in [0.2, 0.25) is 0 Å². The highest BCUT2D eigenvalue weighted by Crippen LogP contribution is 2.06. The van der Waals surface area contributed by atoms with Gasteiger partial charge < -0.3 is 5.32 Å². The van der Waals surface area contributed by atoms with E-state index in [1.54, 1.807) is 11.7 Å². The van der Waals surface area contributed by atoms with Crippen molar-refractivity contribution in [1.82, 2.24) is 30.4 Å². The molecule has 0 fully saturated rings. The number of hydrogen-bond donors (Lipinski definition) is 2. The monoisotopic (exact) mass is 221 g/mol. The van der Waals surface area contributed by atoms with Crippen LogP contribution in [-0.4, -0.2) is 36.4 Å². The van der Waals surface area contributed by atoms with E-state index in [2.05, 4.69) is 38.0 Å². The number of nitrogens with zero attached hydrogens (tertiary/aromatic N) is 5. The minimum Gasteiger partial charge on any atom is -0.350 e. The van der Waals surface area contributed by atoms with Gasteiger partial charge in [0, 0.05) is 25.2 Å². The van der Waals surface area contributed by atoms with Gasteiger partial charge in [0.1, 0.15) is 0 Å². The Morgan fingerprint density at radius 2 is 2.38 bits per heavy atom. The maximum Gasteiger partial charge on any atom is 0.242 e. The fourth-order valence-electron chi connectivity index (χ4n) is 1.52. The fraction of sp³-hybridized carbons (Fsp3) is 0.556. The summed E-state index contributed by atoms with van der Waals surface area (Å²) in [6.45, 7) is 4.06. The molecule has 86 valence electrons. The molecule has 0 aromatic carbocycles. The predicted molar refractivity (Wildman–Crippen MR) is 58.9 cm³/mol. The van der Waals surface area contributed by atoms with Gasteiger partial charge in [-0.2, -0.15) is 5.10 Å². The van der Waals surface area contributed by atoms with E-state index in [0.29, 0.717) is 5.95 Å². The normalized spacial score (nSPS) is 12.7. The number of tetrazole rings is 1. The first-order chi connectivity index (χ1) is 7.65. The van der Waals surface area contributed by atoms with E-state index >= 15 is 0 Å². The third-order valence-electron chi connectivity index (χ3n) is 2.27. The molecule has 0 aliphatic heterocycles. The van der Waals surface area contributed by atoms with Crippen molar-refractivity contribution in [3.63, 3.8) is 0 Å². The second-order valence-corrected chi connectivity index (χ2v) is 3.92. The highest BCUT2D eigenvalue weighted by atomic mass is 15.6. The molecule has 2 rings (SSSR count). The standard InChI is InChI=1S/C9H15N7/c1-6(4-8-5-7(2)11-12-8)10-9-13-14-15-16(9)3/h5-6H,4H2,1-3H3,(H,11,12)(H,10,13,15). The van der Waals surface area contributed by atoms with Crippen LogP contribution in [0, 0.1) is 6.92 Å². The Morgan fingerprint density at radius 1 is 1.56 bits per heavy atom. The van der Waals surface area contributed by atoms with Gasteiger partial charge in [-0.25, -0.2) is 4.68 Å². The number of nitrogens with one attached hydrogen (secondary N) is 2. The first-order valence-corrected chi connectivity index (χ1v) is 5.15. The van der Waals surface area contributed by atoms with Gasteiger partial charge in [-0.1, -0.05) is 5.10 Å². The van der Waals surface area contributed by atoms with Crippen molar-refractivity contribution in [2.75, 3.05) is 5.32 Å². The Bertz CT molecular complexity index is 458. The molecule has 0 bridgehead atoms. The Balaban J connectivity index is 1.94. The summed E-state index contributed by atoms with van der Waals surface area (Å²) in [5.41, 5.74) is 2.11. The van der Waals surface area contributed by atoms with E-state index in [9.17, 15) is 0 Å². The summed E-state index contributed by atoms with van der Waals surface area (Å²) in [5.74, 6) is 0.666. The second kappa shape index (κ2) is 4.30. The van der Waals surface area contributed by atoms with Crippen LogP contribution in [0.15, 0.2) is 6.07 Å². The SMILES string of the molecule is Cc1cc(CC(C)Nc2nnnn2C)n[nH]1. The molecule has 0 aliphatic carbocycles. The number of aromatic amines is 1. The number of anilines is 1. The number of hydrogen-bond acceptors (Lipinski definition) is 5. The molecule has 0 saturated heterocycles. The molecule has 2 N–H and O–H groups in total. The van der Waals surface area contributed by atoms with Crippen molar-refractivity contribution in [3.05, 3.63) is 17.5 Å². The summed E-state index contributed by atoms with van der Waals surface area (Å²) in [6.07, 6.45) is 0.831. The van der Waals surface area contributed by atoms with Crippen LogP contribution in [0.3, 0.4) is 0 Å². The third kappa shape index (κ3) is 2.36. The molecule has 0 radical (unpaired) electrons. The Hall–Kier alpha value is -1.92. The molecule has 2 aromatic heterocycles. The van der Waals surface area contributed by atoms with E-state index in [4.69, 9.17) is 0 Å². The molecule has 2 heterocycles. The van der Waals surface area contributed by atoms with Crippen molar-refractivity contribution in [2.45, 2.75) is 26.3 Å². The molecular weight excluding hydrogens is 206 g/mol. The topological polar surface area (TPSA) is 84.3 Å². The van der Waals surface area contributed by atoms with E-state index in [-0.39, 0.29) is 6.04 Å². The second-order valence-electron chi connectivity index (χ2n) is 3.92. The molecule has 0 spiro atoms. The number of aromatic nitrogens is 6. The van der Waals surface area contributed by atoms with Crippen molar-refractivity contribution in [2.24, 2.45) is 7.05 Å². The summed E-state index contributed by atoms with van der Waals surface area (Å²) >= 11 is 0. The molecule has 1 atom stereocenters. The van der Waals surface area contributed by atoms with Gasteiger partial charge in [0.2, 0.25) is 5.95 Å². The zero-order chi connectivity index (χ0) is 11.5. The lowest BCUT2D eigenvalue weighted by Gasteiger charge is -2.11. The van der Waals surface area contributed by atoms with Crippen molar-refractivity contribution in [1.29, 1.82) is 0 Å². The lowest BCUT2D eigenvalue weighted by Crippen LogP contribution is -2.20. The Labute approximate surface area is 93.2 Å². The molecule has 7 nitrogen and oxygen atoms in total. The van der Waals surface area contributed by atoms with E-state index < -0.39 is 0 Å². The van der Waals surface area contributed by atoms with Crippen LogP contribution in [0.1, 0.15) is 18.3 Å². The highest BCUT2D eigenvalue weighted by molar-refractivity contribution is 5.24. The quantitative estimate of drug-likeness (QED) is 0.775. The first kappa shape index (κ1) is 10.6. The summed E-state index contributed by atoms with van der Waals surface area (Å²) in [6, 6.07) is 2.26. The van der Waals surface area contributed by atoms with E-state index in [1.807, 2.05) is 13.0 Å². The van der Waals surface area contributed by atoms with E-state index in [0.717, 1.165) is 17.8 Å². The molecular formula is C9H15N7. The molecule has 0 aliphatic rings. The van der Waals surface area contributed by atoms with Gasteiger partial charge in [-0.15, -0.1) is 0 Å². The molecule has 0 saturated carbocycles. The minimum absolute atomic E-state index is 0.229. The summed E-state index contributed by atoms with van der Waals surface area (Å²) in [5, 5.41) is 21.5. The maximum absolute atomic E-state index is 4.18. The fourth-order valence-corrected chi connectivity index (χ4v) is 1.52. The molecule has 0 amide bonds. The van der Waals surface area contributed by atoms with Crippen molar-refractivity contribution in [3.8, 4) is 0 Å². The van der Waals surface area contributed by atoms with Gasteiger partial charge in [-0.05, 0) is 30.3 Å². The summed E-state index contributed by atoms with van der Waals surface area (Å²) < 4.78 is 1.60. The van der Waals surface area contributed by atoms with Crippen LogP contribution in [0.25, 0.3) is 0 Å². The predicted octanol–water partition coefficient (Wildman–Crippen LogP) is 0.285. The third-order valence-corrected chi connectivity index (χ3v) is 2.27. The van der Waals surface area contributed by atoms with Crippen LogP contribution in [0.4, 0.5) is 5.95 Å². The maximum atomic E-state index is 4.18. The van der Waals surface area contributed by atoms with Crippen molar-refractivity contribution < 1.29 is 0 Å². The number of H-pyrrole nitrogens is 1. The lowest BCUT2D eigenvalue weighted by molar-refractivity contribution is 0.695. The average molecular weight is 221 g/mol. The first-order valence-electron chi connectivity index (χ1n) is 5.15. The Morgan fingerprint density at radius 3 is 2.94 bits per heavy atom. The van der Waals surface area contributed by atoms with Crippen LogP contribution >= 0.6 is 0 Å². The van der Waals surface area contributed by atoms with Gasteiger partial charge >= 0.3 is 0 Å². The largest absolute Gasteiger partial charge is 0.350 e. The van der Waals surface area contributed by atoms with Gasteiger partial charge in [-0.3, -0.25) is 5.10 Å². The molecule has 7 heteroatoms. The minimum atomic E-state index is 0.229. The van der Waals surface area contributed by atoms with Crippen LogP contribution in [-0.2, 0) is 13.5 Å². The summed E-state index contributed by atoms with van der Waals surface area (Å²) in [4.78, 5) is 0. The van der Waals surface area contributed by atoms with Crippen LogP contribution in [0.5, 0.6) is 0 Å². The van der Waals surface area contributed by atoms with Gasteiger partial charge in [0.15, 0.2) is 0 Å². The smallest absolute Gasteiger partial charge is 0.242 e. The average Bonchev–Trinajstić information content (AvgIpc) is 2.77. The molecule has 2 aromatic rings. The Kier molecular flexibility index (Phi) is 2.84. The number of aryl methyl sites for hydroxylation is 2. The number of rotatable bonds is 4.